The zero-order valence-electron chi connectivity index (χ0n) is 16.7. The number of aromatic carboxylic acids is 1. The highest BCUT2D eigenvalue weighted by Crippen LogP contribution is 2.25. The van der Waals surface area contributed by atoms with Crippen LogP contribution in [0.1, 0.15) is 34.0 Å². The van der Waals surface area contributed by atoms with E-state index in [1.165, 1.54) is 12.1 Å². The lowest BCUT2D eigenvalue weighted by Crippen LogP contribution is -2.30. The molecule has 154 valence electrons. The molecule has 0 aliphatic carbocycles. The van der Waals surface area contributed by atoms with Crippen LogP contribution in [0.5, 0.6) is 5.75 Å². The minimum absolute atomic E-state index is 0.202. The van der Waals surface area contributed by atoms with Crippen molar-refractivity contribution in [2.45, 2.75) is 19.4 Å². The number of aryl methyl sites for hydroxylation is 1. The van der Waals surface area contributed by atoms with Gasteiger partial charge in [0.15, 0.2) is 0 Å². The lowest BCUT2D eigenvalue weighted by atomic mass is 10.0. The average molecular weight is 404 g/mol. The lowest BCUT2D eigenvalue weighted by molar-refractivity contribution is 0.0697. The van der Waals surface area contributed by atoms with E-state index in [-0.39, 0.29) is 17.7 Å². The molecule has 6 heteroatoms. The van der Waals surface area contributed by atoms with Crippen molar-refractivity contribution in [1.29, 1.82) is 0 Å². The van der Waals surface area contributed by atoms with Crippen LogP contribution in [0.2, 0.25) is 0 Å². The molecule has 0 heterocycles. The third-order valence-electron chi connectivity index (χ3n) is 4.55. The molecule has 0 aliphatic heterocycles. The summed E-state index contributed by atoms with van der Waals surface area (Å²) in [5.41, 5.74) is 3.05. The van der Waals surface area contributed by atoms with Gasteiger partial charge in [-0.2, -0.15) is 0 Å². The maximum atomic E-state index is 12.1. The number of carbonyl (C=O) groups excluding carboxylic acids is 1. The van der Waals surface area contributed by atoms with Gasteiger partial charge in [-0.1, -0.05) is 48.0 Å². The largest absolute Gasteiger partial charge is 0.486 e. The van der Waals surface area contributed by atoms with Crippen molar-refractivity contribution < 1.29 is 19.4 Å². The van der Waals surface area contributed by atoms with Crippen LogP contribution in [0.4, 0.5) is 10.5 Å². The number of amides is 2. The number of hydrogen-bond donors (Lipinski definition) is 3. The number of nitrogens with one attached hydrogen (secondary N) is 2. The van der Waals surface area contributed by atoms with Crippen LogP contribution >= 0.6 is 0 Å². The Hall–Kier alpha value is -3.80. The van der Waals surface area contributed by atoms with Crippen molar-refractivity contribution in [3.8, 4) is 5.75 Å². The summed E-state index contributed by atoms with van der Waals surface area (Å²) in [5, 5.41) is 14.7. The second-order valence-electron chi connectivity index (χ2n) is 6.88. The normalized spacial score (nSPS) is 11.4. The first-order valence-corrected chi connectivity index (χ1v) is 9.68. The minimum atomic E-state index is -0.981. The number of carboxylic acids is 1. The van der Waals surface area contributed by atoms with Crippen LogP contribution in [-0.2, 0) is 0 Å². The maximum Gasteiger partial charge on any atom is 0.335 e. The molecule has 1 unspecified atom stereocenters. The van der Waals surface area contributed by atoms with Gasteiger partial charge in [0, 0.05) is 18.7 Å². The number of benzene rings is 3. The summed E-state index contributed by atoms with van der Waals surface area (Å²) in [6.45, 7) is 2.42. The molecule has 0 radical (unpaired) electrons. The Morgan fingerprint density at radius 3 is 2.23 bits per heavy atom. The first-order valence-electron chi connectivity index (χ1n) is 9.68. The molecule has 0 bridgehead atoms. The molecule has 6 nitrogen and oxygen atoms in total. The topological polar surface area (TPSA) is 87.7 Å². The van der Waals surface area contributed by atoms with Gasteiger partial charge in [-0.15, -0.1) is 0 Å². The second-order valence-corrected chi connectivity index (χ2v) is 6.88. The van der Waals surface area contributed by atoms with Gasteiger partial charge in [0.1, 0.15) is 11.9 Å². The van der Waals surface area contributed by atoms with Crippen molar-refractivity contribution in [3.63, 3.8) is 0 Å². The number of ether oxygens (including phenoxy) is 1. The zero-order chi connectivity index (χ0) is 21.3. The van der Waals surface area contributed by atoms with E-state index in [2.05, 4.69) is 10.6 Å². The van der Waals surface area contributed by atoms with E-state index in [1.807, 2.05) is 61.5 Å². The molecule has 1 atom stereocenters. The fourth-order valence-electron chi connectivity index (χ4n) is 2.93. The monoisotopic (exact) mass is 404 g/mol. The highest BCUT2D eigenvalue weighted by Gasteiger charge is 2.15. The van der Waals surface area contributed by atoms with Crippen molar-refractivity contribution in [1.82, 2.24) is 5.32 Å². The van der Waals surface area contributed by atoms with Gasteiger partial charge in [0.2, 0.25) is 0 Å². The van der Waals surface area contributed by atoms with E-state index in [9.17, 15) is 9.59 Å². The summed E-state index contributed by atoms with van der Waals surface area (Å²) in [4.78, 5) is 23.2. The van der Waals surface area contributed by atoms with E-state index >= 15 is 0 Å². The summed E-state index contributed by atoms with van der Waals surface area (Å²) >= 11 is 0. The summed E-state index contributed by atoms with van der Waals surface area (Å²) in [5.74, 6) is -0.412. The number of carbonyl (C=O) groups is 2. The summed E-state index contributed by atoms with van der Waals surface area (Å²) < 4.78 is 6.11. The third kappa shape index (κ3) is 6.10. The van der Waals surface area contributed by atoms with E-state index in [4.69, 9.17) is 9.84 Å². The molecule has 0 aliphatic rings. The smallest absolute Gasteiger partial charge is 0.335 e. The molecular weight excluding hydrogens is 380 g/mol. The third-order valence-corrected chi connectivity index (χ3v) is 4.55. The van der Waals surface area contributed by atoms with Gasteiger partial charge in [-0.05, 0) is 48.9 Å². The van der Waals surface area contributed by atoms with Gasteiger partial charge < -0.3 is 20.5 Å². The van der Waals surface area contributed by atoms with E-state index < -0.39 is 5.97 Å². The molecule has 3 aromatic carbocycles. The number of rotatable bonds is 8. The number of carboxylic acid groups (broad SMARTS) is 1. The van der Waals surface area contributed by atoms with E-state index in [1.54, 1.807) is 12.1 Å². The summed E-state index contributed by atoms with van der Waals surface area (Å²) in [6.07, 6.45) is 0.254. The molecule has 30 heavy (non-hydrogen) atoms. The predicted octanol–water partition coefficient (Wildman–Crippen LogP) is 5.03. The Morgan fingerprint density at radius 1 is 0.933 bits per heavy atom. The summed E-state index contributed by atoms with van der Waals surface area (Å²) in [7, 11) is 0. The maximum absolute atomic E-state index is 12.1. The van der Waals surface area contributed by atoms with Gasteiger partial charge in [0.05, 0.1) is 5.56 Å². The standard InChI is InChI=1S/C24H24N2O4/c1-17-7-9-18(10-8-17)22(30-21-13-11-19(12-14-21)23(27)28)15-16-25-24(29)26-20-5-3-2-4-6-20/h2-14,22H,15-16H2,1H3,(H,27,28)(H2,25,26,29). The molecule has 0 fully saturated rings. The molecule has 3 aromatic rings. The van der Waals surface area contributed by atoms with Crippen LogP contribution in [0.25, 0.3) is 0 Å². The van der Waals surface area contributed by atoms with Crippen LogP contribution in [0.3, 0.4) is 0 Å². The van der Waals surface area contributed by atoms with Crippen molar-refractivity contribution in [3.05, 3.63) is 95.6 Å². The Bertz CT molecular complexity index is 970. The average Bonchev–Trinajstić information content (AvgIpc) is 2.75. The molecular formula is C24H24N2O4. The first-order chi connectivity index (χ1) is 14.5. The van der Waals surface area contributed by atoms with Crippen LogP contribution in [-0.4, -0.2) is 23.7 Å². The van der Waals surface area contributed by atoms with Gasteiger partial charge in [0.25, 0.3) is 0 Å². The van der Waals surface area contributed by atoms with Crippen molar-refractivity contribution in [2.24, 2.45) is 0 Å². The number of hydrogen-bond acceptors (Lipinski definition) is 3. The van der Waals surface area contributed by atoms with Gasteiger partial charge in [-0.3, -0.25) is 0 Å². The number of anilines is 1. The lowest BCUT2D eigenvalue weighted by Gasteiger charge is -2.20. The molecule has 3 N–H and O–H groups in total. The Kier molecular flexibility index (Phi) is 7.05. The fourth-order valence-corrected chi connectivity index (χ4v) is 2.93. The Balaban J connectivity index is 1.63. The molecule has 0 aromatic heterocycles. The molecule has 3 rings (SSSR count). The number of para-hydroxylation sites is 1. The molecule has 0 spiro atoms. The molecule has 0 saturated heterocycles. The van der Waals surface area contributed by atoms with Crippen LogP contribution in [0.15, 0.2) is 78.9 Å². The Labute approximate surface area is 175 Å². The fraction of sp³-hybridized carbons (Fsp3) is 0.167. The van der Waals surface area contributed by atoms with Crippen LogP contribution in [0, 0.1) is 6.92 Å². The second kappa shape index (κ2) is 10.1. The highest BCUT2D eigenvalue weighted by molar-refractivity contribution is 5.89. The Morgan fingerprint density at radius 2 is 1.60 bits per heavy atom. The first kappa shape index (κ1) is 20.9. The summed E-state index contributed by atoms with van der Waals surface area (Å²) in [6, 6.07) is 23.3. The molecule has 0 saturated carbocycles. The minimum Gasteiger partial charge on any atom is -0.486 e. The van der Waals surface area contributed by atoms with Crippen LogP contribution < -0.4 is 15.4 Å². The quantitative estimate of drug-likeness (QED) is 0.492. The number of urea groups is 1. The van der Waals surface area contributed by atoms with Gasteiger partial charge in [-0.25, -0.2) is 9.59 Å². The zero-order valence-corrected chi connectivity index (χ0v) is 16.7. The van der Waals surface area contributed by atoms with Gasteiger partial charge >= 0.3 is 12.0 Å². The van der Waals surface area contributed by atoms with Crippen molar-refractivity contribution >= 4 is 17.7 Å². The van der Waals surface area contributed by atoms with E-state index in [0.717, 1.165) is 16.8 Å². The molecule has 2 amide bonds. The van der Waals surface area contributed by atoms with Crippen molar-refractivity contribution in [2.75, 3.05) is 11.9 Å². The predicted molar refractivity (Wildman–Crippen MR) is 116 cm³/mol. The SMILES string of the molecule is Cc1ccc(C(CCNC(=O)Nc2ccccc2)Oc2ccc(C(=O)O)cc2)cc1. The highest BCUT2D eigenvalue weighted by atomic mass is 16.5. The van der Waals surface area contributed by atoms with E-state index in [0.29, 0.717) is 18.7 Å².